The van der Waals surface area contributed by atoms with Gasteiger partial charge in [-0.15, -0.1) is 10.2 Å². The number of benzene rings is 1. The van der Waals surface area contributed by atoms with Crippen molar-refractivity contribution in [3.05, 3.63) is 53.3 Å². The SMILES string of the molecule is CC[C@H](C)n1cnnc1-c1cccc(N2Cc3c(CNC)cc(N(C)C)cc3C2=O)n1. The van der Waals surface area contributed by atoms with Crippen molar-refractivity contribution in [2.75, 3.05) is 30.9 Å². The van der Waals surface area contributed by atoms with E-state index < -0.39 is 0 Å². The van der Waals surface area contributed by atoms with Crippen LogP contribution in [0.4, 0.5) is 11.5 Å². The van der Waals surface area contributed by atoms with Crippen molar-refractivity contribution in [3.8, 4) is 11.5 Å². The predicted octanol–water partition coefficient (Wildman–Crippen LogP) is 3.26. The summed E-state index contributed by atoms with van der Waals surface area (Å²) in [5, 5.41) is 11.6. The number of fused-ring (bicyclic) bond motifs is 1. The van der Waals surface area contributed by atoms with Crippen molar-refractivity contribution in [1.82, 2.24) is 25.1 Å². The Balaban J connectivity index is 1.72. The van der Waals surface area contributed by atoms with E-state index in [0.717, 1.165) is 28.8 Å². The Bertz CT molecular complexity index is 1110. The lowest BCUT2D eigenvalue weighted by Gasteiger charge is -2.17. The maximum atomic E-state index is 13.4. The third-order valence-electron chi connectivity index (χ3n) is 5.88. The van der Waals surface area contributed by atoms with Crippen LogP contribution in [0.15, 0.2) is 36.7 Å². The lowest BCUT2D eigenvalue weighted by atomic mass is 10.0. The summed E-state index contributed by atoms with van der Waals surface area (Å²) < 4.78 is 2.03. The van der Waals surface area contributed by atoms with Crippen molar-refractivity contribution in [3.63, 3.8) is 0 Å². The van der Waals surface area contributed by atoms with E-state index in [-0.39, 0.29) is 11.9 Å². The number of rotatable bonds is 7. The molecule has 0 unspecified atom stereocenters. The zero-order chi connectivity index (χ0) is 22.1. The van der Waals surface area contributed by atoms with Crippen LogP contribution in [0.25, 0.3) is 11.5 Å². The van der Waals surface area contributed by atoms with Gasteiger partial charge in [-0.3, -0.25) is 9.69 Å². The largest absolute Gasteiger partial charge is 0.378 e. The number of carbonyl (C=O) groups excluding carboxylic acids is 1. The number of carbonyl (C=O) groups is 1. The summed E-state index contributed by atoms with van der Waals surface area (Å²) in [6, 6.07) is 10.1. The molecule has 1 N–H and O–H groups in total. The fourth-order valence-electron chi connectivity index (χ4n) is 3.90. The van der Waals surface area contributed by atoms with Gasteiger partial charge in [-0.2, -0.15) is 0 Å². The van der Waals surface area contributed by atoms with Crippen LogP contribution in [0.2, 0.25) is 0 Å². The molecule has 162 valence electrons. The average Bonchev–Trinajstić information content (AvgIpc) is 3.39. The first-order chi connectivity index (χ1) is 14.9. The summed E-state index contributed by atoms with van der Waals surface area (Å²) in [5.41, 5.74) is 4.66. The van der Waals surface area contributed by atoms with Gasteiger partial charge in [0.2, 0.25) is 0 Å². The molecule has 0 bridgehead atoms. The van der Waals surface area contributed by atoms with Crippen LogP contribution < -0.4 is 15.1 Å². The second-order valence-electron chi connectivity index (χ2n) is 8.15. The highest BCUT2D eigenvalue weighted by molar-refractivity contribution is 6.10. The van der Waals surface area contributed by atoms with Crippen LogP contribution in [-0.2, 0) is 13.1 Å². The highest BCUT2D eigenvalue weighted by Crippen LogP contribution is 2.33. The minimum atomic E-state index is -0.0240. The Kier molecular flexibility index (Phi) is 5.73. The highest BCUT2D eigenvalue weighted by atomic mass is 16.2. The van der Waals surface area contributed by atoms with Crippen molar-refractivity contribution in [2.45, 2.75) is 39.4 Å². The molecular formula is C23H29N7O. The molecule has 3 heterocycles. The van der Waals surface area contributed by atoms with Crippen molar-refractivity contribution >= 4 is 17.4 Å². The number of amides is 1. The monoisotopic (exact) mass is 419 g/mol. The zero-order valence-electron chi connectivity index (χ0n) is 18.8. The van der Waals surface area contributed by atoms with Crippen LogP contribution in [-0.4, -0.2) is 46.8 Å². The fourth-order valence-corrected chi connectivity index (χ4v) is 3.90. The second-order valence-corrected chi connectivity index (χ2v) is 8.15. The number of nitrogens with zero attached hydrogens (tertiary/aromatic N) is 6. The smallest absolute Gasteiger partial charge is 0.260 e. The van der Waals surface area contributed by atoms with E-state index in [0.29, 0.717) is 30.4 Å². The molecule has 1 aliphatic heterocycles. The maximum absolute atomic E-state index is 13.4. The molecule has 3 aromatic rings. The van der Waals surface area contributed by atoms with Crippen molar-refractivity contribution < 1.29 is 4.79 Å². The van der Waals surface area contributed by atoms with Crippen molar-refractivity contribution in [2.24, 2.45) is 0 Å². The Morgan fingerprint density at radius 3 is 2.77 bits per heavy atom. The standard InChI is InChI=1S/C23H29N7O/c1-6-15(2)30-14-25-27-22(30)20-8-7-9-21(26-20)29-13-19-16(12-24-3)10-17(28(4)5)11-18(19)23(29)31/h7-11,14-15,24H,6,12-13H2,1-5H3/t15-/m0/s1. The number of aromatic nitrogens is 4. The molecule has 1 atom stereocenters. The van der Waals surface area contributed by atoms with E-state index in [2.05, 4.69) is 35.4 Å². The maximum Gasteiger partial charge on any atom is 0.260 e. The third-order valence-corrected chi connectivity index (χ3v) is 5.88. The molecule has 1 amide bonds. The number of nitrogens with one attached hydrogen (secondary N) is 1. The van der Waals surface area contributed by atoms with E-state index in [1.807, 2.05) is 54.9 Å². The number of hydrogen-bond acceptors (Lipinski definition) is 6. The van der Waals surface area contributed by atoms with E-state index in [1.165, 1.54) is 0 Å². The van der Waals surface area contributed by atoms with Gasteiger partial charge in [-0.1, -0.05) is 13.0 Å². The summed E-state index contributed by atoms with van der Waals surface area (Å²) in [6.07, 6.45) is 2.70. The van der Waals surface area contributed by atoms with E-state index in [9.17, 15) is 4.79 Å². The van der Waals surface area contributed by atoms with Gasteiger partial charge in [0.1, 0.15) is 17.8 Å². The first-order valence-corrected chi connectivity index (χ1v) is 10.6. The lowest BCUT2D eigenvalue weighted by Crippen LogP contribution is -2.24. The number of anilines is 2. The summed E-state index contributed by atoms with van der Waals surface area (Å²) in [4.78, 5) is 21.9. The highest BCUT2D eigenvalue weighted by Gasteiger charge is 2.32. The van der Waals surface area contributed by atoms with Gasteiger partial charge in [0.15, 0.2) is 5.82 Å². The normalized spacial score (nSPS) is 14.1. The van der Waals surface area contributed by atoms with Crippen LogP contribution in [0, 0.1) is 0 Å². The molecule has 2 aromatic heterocycles. The number of pyridine rings is 1. The first kappa shape index (κ1) is 21.0. The van der Waals surface area contributed by atoms with Gasteiger partial charge >= 0.3 is 0 Å². The molecule has 1 aliphatic rings. The van der Waals surface area contributed by atoms with Crippen LogP contribution in [0.3, 0.4) is 0 Å². The van der Waals surface area contributed by atoms with Gasteiger partial charge in [0.05, 0.1) is 6.54 Å². The van der Waals surface area contributed by atoms with Gasteiger partial charge < -0.3 is 14.8 Å². The Morgan fingerprint density at radius 2 is 2.06 bits per heavy atom. The third kappa shape index (κ3) is 3.79. The van der Waals surface area contributed by atoms with Crippen molar-refractivity contribution in [1.29, 1.82) is 0 Å². The molecule has 31 heavy (non-hydrogen) atoms. The van der Waals surface area contributed by atoms with Crippen LogP contribution in [0.5, 0.6) is 0 Å². The lowest BCUT2D eigenvalue weighted by molar-refractivity contribution is 0.0996. The molecule has 0 radical (unpaired) electrons. The minimum absolute atomic E-state index is 0.0240. The fraction of sp³-hybridized carbons (Fsp3) is 0.391. The number of hydrogen-bond donors (Lipinski definition) is 1. The molecule has 0 fully saturated rings. The van der Waals surface area contributed by atoms with Gasteiger partial charge in [0, 0.05) is 37.9 Å². The molecule has 8 heteroatoms. The quantitative estimate of drug-likeness (QED) is 0.633. The predicted molar refractivity (Wildman–Crippen MR) is 122 cm³/mol. The van der Waals surface area contributed by atoms with E-state index in [1.54, 1.807) is 11.2 Å². The van der Waals surface area contributed by atoms with Crippen LogP contribution >= 0.6 is 0 Å². The first-order valence-electron chi connectivity index (χ1n) is 10.6. The van der Waals surface area contributed by atoms with Gasteiger partial charge in [0.25, 0.3) is 5.91 Å². The molecule has 0 aliphatic carbocycles. The van der Waals surface area contributed by atoms with E-state index in [4.69, 9.17) is 4.98 Å². The average molecular weight is 420 g/mol. The molecule has 0 saturated heterocycles. The molecular weight excluding hydrogens is 390 g/mol. The minimum Gasteiger partial charge on any atom is -0.378 e. The summed E-state index contributed by atoms with van der Waals surface area (Å²) >= 11 is 0. The molecule has 0 spiro atoms. The summed E-state index contributed by atoms with van der Waals surface area (Å²) in [6.45, 7) is 5.47. The second kappa shape index (κ2) is 8.47. The summed E-state index contributed by atoms with van der Waals surface area (Å²) in [7, 11) is 5.89. The topological polar surface area (TPSA) is 79.2 Å². The Labute approximate surface area is 182 Å². The Hall–Kier alpha value is -3.26. The van der Waals surface area contributed by atoms with Crippen LogP contribution in [0.1, 0.15) is 47.8 Å². The molecule has 1 aromatic carbocycles. The van der Waals surface area contributed by atoms with Gasteiger partial charge in [-0.25, -0.2) is 4.98 Å². The van der Waals surface area contributed by atoms with E-state index >= 15 is 0 Å². The molecule has 4 rings (SSSR count). The molecule has 8 nitrogen and oxygen atoms in total. The van der Waals surface area contributed by atoms with Gasteiger partial charge in [-0.05, 0) is 55.8 Å². The Morgan fingerprint density at radius 1 is 1.26 bits per heavy atom. The zero-order valence-corrected chi connectivity index (χ0v) is 18.8. The summed E-state index contributed by atoms with van der Waals surface area (Å²) in [5.74, 6) is 1.31. The molecule has 0 saturated carbocycles.